The minimum absolute atomic E-state index is 0. The Kier molecular flexibility index (Phi) is 7.68. The van der Waals surface area contributed by atoms with Crippen molar-refractivity contribution in [1.82, 2.24) is 9.80 Å². The Morgan fingerprint density at radius 3 is 2.40 bits per heavy atom. The summed E-state index contributed by atoms with van der Waals surface area (Å²) >= 11 is 0. The first-order valence-electron chi connectivity index (χ1n) is 8.12. The van der Waals surface area contributed by atoms with Crippen LogP contribution < -0.4 is 11.1 Å². The van der Waals surface area contributed by atoms with Crippen molar-refractivity contribution in [2.75, 3.05) is 38.5 Å². The van der Waals surface area contributed by atoms with Crippen LogP contribution in [-0.4, -0.2) is 60.4 Å². The van der Waals surface area contributed by atoms with E-state index >= 15 is 0 Å². The van der Waals surface area contributed by atoms with Crippen LogP contribution in [0.2, 0.25) is 0 Å². The predicted molar refractivity (Wildman–Crippen MR) is 104 cm³/mol. The summed E-state index contributed by atoms with van der Waals surface area (Å²) in [6, 6.07) is 7.46. The summed E-state index contributed by atoms with van der Waals surface area (Å²) in [6.07, 6.45) is 1.84. The van der Waals surface area contributed by atoms with E-state index in [2.05, 4.69) is 17.3 Å². The van der Waals surface area contributed by atoms with Crippen LogP contribution in [-0.2, 0) is 16.0 Å². The molecule has 8 heteroatoms. The number of nitrogens with one attached hydrogen (secondary N) is 1. The zero-order valence-corrected chi connectivity index (χ0v) is 16.0. The van der Waals surface area contributed by atoms with Gasteiger partial charge in [0.1, 0.15) is 0 Å². The fraction of sp³-hybridized carbons (Fsp3) is 0.529. The summed E-state index contributed by atoms with van der Waals surface area (Å²) < 4.78 is 0. The zero-order chi connectivity index (χ0) is 16.4. The van der Waals surface area contributed by atoms with Crippen LogP contribution in [0.25, 0.3) is 0 Å². The minimum atomic E-state index is -0.689. The van der Waals surface area contributed by atoms with Gasteiger partial charge in [0.2, 0.25) is 11.8 Å². The van der Waals surface area contributed by atoms with Crippen molar-refractivity contribution in [3.63, 3.8) is 0 Å². The summed E-state index contributed by atoms with van der Waals surface area (Å²) in [5.74, 6) is -0.000825. The summed E-state index contributed by atoms with van der Waals surface area (Å²) in [5, 5.41) is 2.85. The lowest BCUT2D eigenvalue weighted by atomic mass is 10.1. The summed E-state index contributed by atoms with van der Waals surface area (Å²) in [6.45, 7) is 3.39. The van der Waals surface area contributed by atoms with Crippen LogP contribution in [0.15, 0.2) is 24.3 Å². The number of halogens is 2. The molecule has 1 aromatic carbocycles. The van der Waals surface area contributed by atoms with Crippen LogP contribution in [0, 0.1) is 0 Å². The Hall–Kier alpha value is -1.34. The molecule has 2 amide bonds. The number of hydrogen-bond acceptors (Lipinski definition) is 4. The highest BCUT2D eigenvalue weighted by atomic mass is 35.5. The van der Waals surface area contributed by atoms with Gasteiger partial charge in [0.15, 0.2) is 0 Å². The molecule has 1 saturated heterocycles. The molecule has 0 unspecified atom stereocenters. The average Bonchev–Trinajstić information content (AvgIpc) is 3.27. The van der Waals surface area contributed by atoms with Gasteiger partial charge < -0.3 is 20.9 Å². The van der Waals surface area contributed by atoms with Crippen LogP contribution in [0.1, 0.15) is 18.4 Å². The third-order valence-electron chi connectivity index (χ3n) is 4.64. The van der Waals surface area contributed by atoms with Gasteiger partial charge in [-0.25, -0.2) is 0 Å². The maximum absolute atomic E-state index is 12.4. The second kappa shape index (κ2) is 8.85. The third kappa shape index (κ3) is 5.57. The molecule has 0 spiro atoms. The summed E-state index contributed by atoms with van der Waals surface area (Å²) in [4.78, 5) is 28.5. The Morgan fingerprint density at radius 2 is 1.80 bits per heavy atom. The third-order valence-corrected chi connectivity index (χ3v) is 4.64. The number of piperazine rings is 1. The molecule has 0 aromatic heterocycles. The van der Waals surface area contributed by atoms with E-state index < -0.39 is 5.54 Å². The molecule has 0 radical (unpaired) electrons. The standard InChI is InChI=1S/C17H24N4O2.2ClH/c1-20-7-9-21(10-8-20)15(22)12-13-3-2-4-14(11-13)19-16(23)17(18)5-6-17;;/h2-4,11H,5-10,12,18H2,1H3,(H,19,23);2*1H. The van der Waals surface area contributed by atoms with Crippen molar-refractivity contribution < 1.29 is 9.59 Å². The summed E-state index contributed by atoms with van der Waals surface area (Å²) in [7, 11) is 2.07. The van der Waals surface area contributed by atoms with Crippen LogP contribution in [0.3, 0.4) is 0 Å². The highest BCUT2D eigenvalue weighted by Crippen LogP contribution is 2.33. The highest BCUT2D eigenvalue weighted by Gasteiger charge is 2.45. The Balaban J connectivity index is 0.00000156. The predicted octanol–water partition coefficient (Wildman–Crippen LogP) is 1.28. The first-order valence-corrected chi connectivity index (χ1v) is 8.12. The van der Waals surface area contributed by atoms with Crippen molar-refractivity contribution in [2.24, 2.45) is 5.73 Å². The minimum Gasteiger partial charge on any atom is -0.340 e. The van der Waals surface area contributed by atoms with Gasteiger partial charge in [-0.1, -0.05) is 12.1 Å². The van der Waals surface area contributed by atoms with Gasteiger partial charge in [-0.15, -0.1) is 24.8 Å². The molecule has 6 nitrogen and oxygen atoms in total. The lowest BCUT2D eigenvalue weighted by Crippen LogP contribution is -2.47. The quantitative estimate of drug-likeness (QED) is 0.813. The lowest BCUT2D eigenvalue weighted by Gasteiger charge is -2.32. The number of hydrogen-bond donors (Lipinski definition) is 2. The monoisotopic (exact) mass is 388 g/mol. The number of benzene rings is 1. The van der Waals surface area contributed by atoms with Crippen molar-refractivity contribution in [3.05, 3.63) is 29.8 Å². The Morgan fingerprint density at radius 1 is 1.16 bits per heavy atom. The maximum atomic E-state index is 12.4. The molecular formula is C17H26Cl2N4O2. The molecule has 3 rings (SSSR count). The largest absolute Gasteiger partial charge is 0.340 e. The summed E-state index contributed by atoms with van der Waals surface area (Å²) in [5.41, 5.74) is 6.81. The van der Waals surface area contributed by atoms with Gasteiger partial charge >= 0.3 is 0 Å². The Labute approximate surface area is 160 Å². The second-order valence-corrected chi connectivity index (χ2v) is 6.67. The van der Waals surface area contributed by atoms with E-state index in [9.17, 15) is 9.59 Å². The normalized spacial score (nSPS) is 18.6. The van der Waals surface area contributed by atoms with Crippen molar-refractivity contribution >= 4 is 42.3 Å². The Bertz CT molecular complexity index is 614. The van der Waals surface area contributed by atoms with Crippen molar-refractivity contribution in [2.45, 2.75) is 24.8 Å². The highest BCUT2D eigenvalue weighted by molar-refractivity contribution is 6.00. The smallest absolute Gasteiger partial charge is 0.244 e. The van der Waals surface area contributed by atoms with E-state index in [1.807, 2.05) is 29.2 Å². The average molecular weight is 389 g/mol. The first-order chi connectivity index (χ1) is 11.0. The lowest BCUT2D eigenvalue weighted by molar-refractivity contribution is -0.132. The molecule has 1 aliphatic heterocycles. The van der Waals surface area contributed by atoms with E-state index in [4.69, 9.17) is 5.73 Å². The van der Waals surface area contributed by atoms with Crippen molar-refractivity contribution in [3.8, 4) is 0 Å². The number of carbonyl (C=O) groups excluding carboxylic acids is 2. The number of anilines is 1. The molecule has 1 aliphatic carbocycles. The number of carbonyl (C=O) groups is 2. The molecule has 25 heavy (non-hydrogen) atoms. The molecule has 2 aliphatic rings. The van der Waals surface area contributed by atoms with Gasteiger partial charge in [0.05, 0.1) is 12.0 Å². The van der Waals surface area contributed by atoms with Gasteiger partial charge in [-0.3, -0.25) is 9.59 Å². The molecule has 1 heterocycles. The van der Waals surface area contributed by atoms with E-state index in [0.29, 0.717) is 12.1 Å². The van der Waals surface area contributed by atoms with E-state index in [0.717, 1.165) is 44.6 Å². The van der Waals surface area contributed by atoms with E-state index in [1.54, 1.807) is 0 Å². The topological polar surface area (TPSA) is 78.7 Å². The van der Waals surface area contributed by atoms with Gasteiger partial charge in [0, 0.05) is 31.9 Å². The van der Waals surface area contributed by atoms with Crippen LogP contribution in [0.5, 0.6) is 0 Å². The fourth-order valence-corrected chi connectivity index (χ4v) is 2.72. The van der Waals surface area contributed by atoms with Gasteiger partial charge in [-0.2, -0.15) is 0 Å². The molecule has 3 N–H and O–H groups in total. The second-order valence-electron chi connectivity index (χ2n) is 6.67. The van der Waals surface area contributed by atoms with E-state index in [1.165, 1.54) is 0 Å². The molecule has 2 fully saturated rings. The molecule has 0 bridgehead atoms. The van der Waals surface area contributed by atoms with Crippen LogP contribution in [0.4, 0.5) is 5.69 Å². The number of nitrogens with zero attached hydrogens (tertiary/aromatic N) is 2. The zero-order valence-electron chi connectivity index (χ0n) is 14.4. The SMILES string of the molecule is CN1CCN(C(=O)Cc2cccc(NC(=O)C3(N)CC3)c2)CC1.Cl.Cl. The molecule has 140 valence electrons. The first kappa shape index (κ1) is 21.7. The number of nitrogens with two attached hydrogens (primary N) is 1. The van der Waals surface area contributed by atoms with Crippen molar-refractivity contribution in [1.29, 1.82) is 0 Å². The maximum Gasteiger partial charge on any atom is 0.244 e. The van der Waals surface area contributed by atoms with Gasteiger partial charge in [-0.05, 0) is 37.6 Å². The fourth-order valence-electron chi connectivity index (χ4n) is 2.72. The molecule has 1 aromatic rings. The van der Waals surface area contributed by atoms with Crippen LogP contribution >= 0.6 is 24.8 Å². The molecule has 1 saturated carbocycles. The number of rotatable bonds is 4. The van der Waals surface area contributed by atoms with Gasteiger partial charge in [0.25, 0.3) is 0 Å². The molecule has 0 atom stereocenters. The number of amides is 2. The van der Waals surface area contributed by atoms with E-state index in [-0.39, 0.29) is 36.6 Å². The number of likely N-dealkylation sites (N-methyl/N-ethyl adjacent to an activating group) is 1. The molecular weight excluding hydrogens is 363 g/mol.